The van der Waals surface area contributed by atoms with Gasteiger partial charge in [0.05, 0.1) is 13.2 Å². The molecule has 2 heterocycles. The molecule has 9 heteroatoms. The molecule has 2 aromatic rings. The van der Waals surface area contributed by atoms with Crippen LogP contribution in [0.5, 0.6) is 0 Å². The Kier molecular flexibility index (Phi) is 7.52. The van der Waals surface area contributed by atoms with Crippen molar-refractivity contribution in [2.24, 2.45) is 5.92 Å². The van der Waals surface area contributed by atoms with Gasteiger partial charge < -0.3 is 19.9 Å². The van der Waals surface area contributed by atoms with Gasteiger partial charge in [-0.1, -0.05) is 0 Å². The smallest absolute Gasteiger partial charge is 0.253 e. The highest BCUT2D eigenvalue weighted by molar-refractivity contribution is 5.97. The summed E-state index contributed by atoms with van der Waals surface area (Å²) in [6.07, 6.45) is 1.05. The molecule has 3 amide bonds. The summed E-state index contributed by atoms with van der Waals surface area (Å²) in [5.41, 5.74) is 0.676. The molecule has 0 bridgehead atoms. The zero-order valence-corrected chi connectivity index (χ0v) is 18.7. The van der Waals surface area contributed by atoms with Crippen LogP contribution in [-0.2, 0) is 9.53 Å². The second-order valence-corrected chi connectivity index (χ2v) is 8.53. The van der Waals surface area contributed by atoms with Gasteiger partial charge in [0, 0.05) is 37.3 Å². The SMILES string of the molecule is O=C(NC(C(=O)N1CCOCC1)C1CCN(C(=O)c2ccc(F)cc2)CC1)c1ccc(F)cc1. The number of carbonyl (C=O) groups excluding carboxylic acids is 3. The second kappa shape index (κ2) is 10.7. The van der Waals surface area contributed by atoms with Crippen LogP contribution in [0.2, 0.25) is 0 Å². The number of nitrogens with one attached hydrogen (secondary N) is 1. The number of hydrogen-bond acceptors (Lipinski definition) is 4. The normalized spacial score (nSPS) is 17.8. The molecule has 0 saturated carbocycles. The van der Waals surface area contributed by atoms with Gasteiger partial charge in [-0.2, -0.15) is 0 Å². The highest BCUT2D eigenvalue weighted by atomic mass is 19.1. The van der Waals surface area contributed by atoms with E-state index in [0.29, 0.717) is 57.8 Å². The zero-order chi connectivity index (χ0) is 24.1. The molecule has 2 aliphatic rings. The minimum absolute atomic E-state index is 0.169. The first-order valence-electron chi connectivity index (χ1n) is 11.4. The van der Waals surface area contributed by atoms with Crippen molar-refractivity contribution in [2.45, 2.75) is 18.9 Å². The van der Waals surface area contributed by atoms with Crippen LogP contribution in [0.4, 0.5) is 8.78 Å². The van der Waals surface area contributed by atoms with Crippen LogP contribution in [0.1, 0.15) is 33.6 Å². The molecule has 34 heavy (non-hydrogen) atoms. The first-order valence-corrected chi connectivity index (χ1v) is 11.4. The molecule has 7 nitrogen and oxygen atoms in total. The minimum Gasteiger partial charge on any atom is -0.378 e. The molecule has 180 valence electrons. The van der Waals surface area contributed by atoms with E-state index in [1.807, 2.05) is 0 Å². The number of halogens is 2. The third-order valence-electron chi connectivity index (χ3n) is 6.37. The van der Waals surface area contributed by atoms with Gasteiger partial charge in [-0.3, -0.25) is 14.4 Å². The summed E-state index contributed by atoms with van der Waals surface area (Å²) >= 11 is 0. The number of benzene rings is 2. The average Bonchev–Trinajstić information content (AvgIpc) is 2.88. The van der Waals surface area contributed by atoms with E-state index in [-0.39, 0.29) is 23.3 Å². The molecule has 0 aromatic heterocycles. The Balaban J connectivity index is 1.45. The van der Waals surface area contributed by atoms with Crippen molar-refractivity contribution in [3.05, 3.63) is 71.3 Å². The molecule has 1 atom stereocenters. The predicted octanol–water partition coefficient (Wildman–Crippen LogP) is 2.47. The second-order valence-electron chi connectivity index (χ2n) is 8.53. The fourth-order valence-electron chi connectivity index (χ4n) is 4.40. The molecule has 1 N–H and O–H groups in total. The molecule has 0 spiro atoms. The summed E-state index contributed by atoms with van der Waals surface area (Å²) in [5.74, 6) is -1.84. The summed E-state index contributed by atoms with van der Waals surface area (Å²) < 4.78 is 31.8. The van der Waals surface area contributed by atoms with Gasteiger partial charge in [0.2, 0.25) is 5.91 Å². The van der Waals surface area contributed by atoms with Crippen molar-refractivity contribution >= 4 is 17.7 Å². The Labute approximate surface area is 196 Å². The van der Waals surface area contributed by atoms with Gasteiger partial charge in [0.1, 0.15) is 17.7 Å². The van der Waals surface area contributed by atoms with Crippen molar-refractivity contribution in [3.63, 3.8) is 0 Å². The van der Waals surface area contributed by atoms with Gasteiger partial charge in [0.15, 0.2) is 0 Å². The molecule has 2 fully saturated rings. The lowest BCUT2D eigenvalue weighted by Gasteiger charge is -2.38. The van der Waals surface area contributed by atoms with Gasteiger partial charge in [0.25, 0.3) is 11.8 Å². The lowest BCUT2D eigenvalue weighted by atomic mass is 9.87. The Bertz CT molecular complexity index is 1020. The van der Waals surface area contributed by atoms with E-state index in [1.54, 1.807) is 9.80 Å². The van der Waals surface area contributed by atoms with E-state index in [4.69, 9.17) is 4.74 Å². The number of likely N-dealkylation sites (tertiary alicyclic amines) is 1. The van der Waals surface area contributed by atoms with Crippen LogP contribution in [0.25, 0.3) is 0 Å². The third kappa shape index (κ3) is 5.59. The van der Waals surface area contributed by atoms with Crippen LogP contribution < -0.4 is 5.32 Å². The molecular formula is C25H27F2N3O4. The highest BCUT2D eigenvalue weighted by Crippen LogP contribution is 2.24. The third-order valence-corrected chi connectivity index (χ3v) is 6.37. The van der Waals surface area contributed by atoms with Gasteiger partial charge >= 0.3 is 0 Å². The van der Waals surface area contributed by atoms with E-state index in [0.717, 1.165) is 0 Å². The Morgan fingerprint density at radius 2 is 1.32 bits per heavy atom. The van der Waals surface area contributed by atoms with Crippen molar-refractivity contribution in [2.75, 3.05) is 39.4 Å². The van der Waals surface area contributed by atoms with Crippen LogP contribution >= 0.6 is 0 Å². The van der Waals surface area contributed by atoms with Crippen molar-refractivity contribution in [3.8, 4) is 0 Å². The van der Waals surface area contributed by atoms with Gasteiger partial charge in [-0.25, -0.2) is 8.78 Å². The highest BCUT2D eigenvalue weighted by Gasteiger charge is 2.36. The standard InChI is InChI=1S/C25H27F2N3O4/c26-20-5-1-18(2-6-20)23(31)28-22(25(33)30-13-15-34-16-14-30)17-9-11-29(12-10-17)24(32)19-3-7-21(27)8-4-19/h1-8,17,22H,9-16H2,(H,28,31). The average molecular weight is 472 g/mol. The number of ether oxygens (including phenoxy) is 1. The summed E-state index contributed by atoms with van der Waals surface area (Å²) in [6.45, 7) is 2.61. The summed E-state index contributed by atoms with van der Waals surface area (Å²) in [4.78, 5) is 42.4. The fourth-order valence-corrected chi connectivity index (χ4v) is 4.40. The van der Waals surface area contributed by atoms with Crippen molar-refractivity contribution in [1.82, 2.24) is 15.1 Å². The number of amides is 3. The first-order chi connectivity index (χ1) is 16.4. The van der Waals surface area contributed by atoms with Crippen molar-refractivity contribution < 1.29 is 27.9 Å². The monoisotopic (exact) mass is 471 g/mol. The summed E-state index contributed by atoms with van der Waals surface area (Å²) in [5, 5.41) is 2.86. The molecule has 0 radical (unpaired) electrons. The van der Waals surface area contributed by atoms with Crippen LogP contribution in [-0.4, -0.2) is 73.0 Å². The first kappa shape index (κ1) is 23.8. The predicted molar refractivity (Wildman–Crippen MR) is 120 cm³/mol. The molecule has 2 saturated heterocycles. The van der Waals surface area contributed by atoms with E-state index in [1.165, 1.54) is 48.5 Å². The largest absolute Gasteiger partial charge is 0.378 e. The minimum atomic E-state index is -0.765. The number of hydrogen-bond donors (Lipinski definition) is 1. The number of nitrogens with zero attached hydrogens (tertiary/aromatic N) is 2. The number of carbonyl (C=O) groups is 3. The molecule has 2 aliphatic heterocycles. The van der Waals surface area contributed by atoms with Crippen LogP contribution in [0, 0.1) is 17.6 Å². The van der Waals surface area contributed by atoms with Crippen LogP contribution in [0.3, 0.4) is 0 Å². The Morgan fingerprint density at radius 1 is 0.794 bits per heavy atom. The van der Waals surface area contributed by atoms with Crippen LogP contribution in [0.15, 0.2) is 48.5 Å². The molecule has 4 rings (SSSR count). The fraction of sp³-hybridized carbons (Fsp3) is 0.400. The quantitative estimate of drug-likeness (QED) is 0.727. The maximum absolute atomic E-state index is 13.4. The lowest BCUT2D eigenvalue weighted by Crippen LogP contribution is -2.56. The number of morpholine rings is 1. The molecule has 2 aromatic carbocycles. The zero-order valence-electron chi connectivity index (χ0n) is 18.7. The molecule has 0 aliphatic carbocycles. The summed E-state index contributed by atoms with van der Waals surface area (Å²) in [7, 11) is 0. The van der Waals surface area contributed by atoms with E-state index >= 15 is 0 Å². The maximum atomic E-state index is 13.4. The number of piperidine rings is 1. The van der Waals surface area contributed by atoms with Gasteiger partial charge in [-0.15, -0.1) is 0 Å². The topological polar surface area (TPSA) is 79.0 Å². The lowest BCUT2D eigenvalue weighted by molar-refractivity contribution is -0.139. The molecule has 1 unspecified atom stereocenters. The Morgan fingerprint density at radius 3 is 1.88 bits per heavy atom. The molecular weight excluding hydrogens is 444 g/mol. The Hall–Kier alpha value is -3.33. The number of rotatable bonds is 5. The van der Waals surface area contributed by atoms with E-state index in [2.05, 4.69) is 5.32 Å². The summed E-state index contributed by atoms with van der Waals surface area (Å²) in [6, 6.07) is 9.81. The van der Waals surface area contributed by atoms with Crippen molar-refractivity contribution in [1.29, 1.82) is 0 Å². The van der Waals surface area contributed by atoms with E-state index in [9.17, 15) is 23.2 Å². The maximum Gasteiger partial charge on any atom is 0.253 e. The van der Waals surface area contributed by atoms with E-state index < -0.39 is 23.6 Å². The van der Waals surface area contributed by atoms with Gasteiger partial charge in [-0.05, 0) is 67.3 Å².